The van der Waals surface area contributed by atoms with Gasteiger partial charge in [-0.05, 0) is 23.6 Å². The Morgan fingerprint density at radius 2 is 1.76 bits per heavy atom. The first kappa shape index (κ1) is 15.7. The topological polar surface area (TPSA) is 76.6 Å². The smallest absolute Gasteiger partial charge is 0.359 e. The molecular formula is C17H10N2O4S2. The van der Waals surface area contributed by atoms with Crippen molar-refractivity contribution in [1.82, 2.24) is 9.88 Å². The third-order valence-corrected chi connectivity index (χ3v) is 5.53. The number of carbonyl (C=O) groups is 3. The van der Waals surface area contributed by atoms with Gasteiger partial charge < -0.3 is 4.74 Å². The second-order valence-electron chi connectivity index (χ2n) is 5.16. The predicted octanol–water partition coefficient (Wildman–Crippen LogP) is 3.28. The van der Waals surface area contributed by atoms with E-state index in [1.54, 1.807) is 29.6 Å². The van der Waals surface area contributed by atoms with E-state index in [-0.39, 0.29) is 5.69 Å². The molecule has 0 N–H and O–H groups in total. The number of hydrogen-bond donors (Lipinski definition) is 0. The zero-order valence-electron chi connectivity index (χ0n) is 12.7. The van der Waals surface area contributed by atoms with Gasteiger partial charge >= 0.3 is 5.97 Å². The molecule has 0 saturated heterocycles. The molecule has 25 heavy (non-hydrogen) atoms. The van der Waals surface area contributed by atoms with Crippen molar-refractivity contribution in [1.29, 1.82) is 0 Å². The van der Waals surface area contributed by atoms with E-state index in [0.29, 0.717) is 11.1 Å². The summed E-state index contributed by atoms with van der Waals surface area (Å²) in [5, 5.41) is 4.25. The van der Waals surface area contributed by atoms with Crippen LogP contribution >= 0.6 is 22.7 Å². The number of imide groups is 1. The fraction of sp³-hybridized carbons (Fsp3) is 0.0588. The number of esters is 1. The molecule has 8 heteroatoms. The summed E-state index contributed by atoms with van der Waals surface area (Å²) in [4.78, 5) is 42.7. The van der Waals surface area contributed by atoms with E-state index in [1.165, 1.54) is 22.7 Å². The zero-order chi connectivity index (χ0) is 17.4. The lowest BCUT2D eigenvalue weighted by atomic mass is 10.1. The highest BCUT2D eigenvalue weighted by atomic mass is 32.1. The molecule has 1 aliphatic heterocycles. The lowest BCUT2D eigenvalue weighted by molar-refractivity contribution is 0.0224. The van der Waals surface area contributed by atoms with Crippen molar-refractivity contribution >= 4 is 40.5 Å². The molecule has 0 unspecified atom stereocenters. The maximum Gasteiger partial charge on any atom is 0.359 e. The number of thiazole rings is 1. The van der Waals surface area contributed by atoms with Gasteiger partial charge in [-0.1, -0.05) is 18.2 Å². The number of benzene rings is 1. The van der Waals surface area contributed by atoms with E-state index in [4.69, 9.17) is 4.74 Å². The maximum atomic E-state index is 12.2. The first-order valence-electron chi connectivity index (χ1n) is 7.27. The Morgan fingerprint density at radius 3 is 2.40 bits per heavy atom. The molecule has 0 saturated carbocycles. The Kier molecular flexibility index (Phi) is 3.90. The number of aromatic nitrogens is 1. The molecular weight excluding hydrogens is 360 g/mol. The van der Waals surface area contributed by atoms with Crippen LogP contribution in [0.25, 0.3) is 9.88 Å². The summed E-state index contributed by atoms with van der Waals surface area (Å²) >= 11 is 2.86. The number of hydrogen-bond acceptors (Lipinski definition) is 7. The molecule has 3 aromatic rings. The van der Waals surface area contributed by atoms with Gasteiger partial charge in [0.05, 0.1) is 16.0 Å². The normalized spacial score (nSPS) is 13.2. The van der Waals surface area contributed by atoms with Crippen LogP contribution in [0.4, 0.5) is 0 Å². The van der Waals surface area contributed by atoms with E-state index in [0.717, 1.165) is 14.8 Å². The SMILES string of the molecule is O=C(OCN1C(=O)c2ccccc2C1=O)c1csc(-c2cccs2)n1. The highest BCUT2D eigenvalue weighted by molar-refractivity contribution is 7.20. The monoisotopic (exact) mass is 370 g/mol. The molecule has 0 aliphatic carbocycles. The number of fused-ring (bicyclic) bond motifs is 1. The predicted molar refractivity (Wildman–Crippen MR) is 92.7 cm³/mol. The summed E-state index contributed by atoms with van der Waals surface area (Å²) in [6, 6.07) is 10.3. The van der Waals surface area contributed by atoms with Gasteiger partial charge in [-0.15, -0.1) is 22.7 Å². The Morgan fingerprint density at radius 1 is 1.04 bits per heavy atom. The third-order valence-electron chi connectivity index (χ3n) is 3.65. The molecule has 0 fully saturated rings. The Bertz CT molecular complexity index is 943. The van der Waals surface area contributed by atoms with Crippen molar-refractivity contribution < 1.29 is 19.1 Å². The number of rotatable bonds is 4. The first-order valence-corrected chi connectivity index (χ1v) is 9.03. The van der Waals surface area contributed by atoms with Crippen LogP contribution in [-0.4, -0.2) is 34.4 Å². The number of amides is 2. The number of carbonyl (C=O) groups excluding carboxylic acids is 3. The van der Waals surface area contributed by atoms with E-state index >= 15 is 0 Å². The lowest BCUT2D eigenvalue weighted by Crippen LogP contribution is -2.33. The minimum atomic E-state index is -0.671. The van der Waals surface area contributed by atoms with Crippen molar-refractivity contribution in [2.75, 3.05) is 6.73 Å². The third kappa shape index (κ3) is 2.75. The largest absolute Gasteiger partial charge is 0.439 e. The average Bonchev–Trinajstić information content (AvgIpc) is 3.35. The molecule has 3 heterocycles. The molecule has 0 radical (unpaired) electrons. The summed E-state index contributed by atoms with van der Waals surface area (Å²) in [6.07, 6.45) is 0. The lowest BCUT2D eigenvalue weighted by Gasteiger charge is -2.13. The van der Waals surface area contributed by atoms with E-state index in [9.17, 15) is 14.4 Å². The van der Waals surface area contributed by atoms with Gasteiger partial charge in [0.15, 0.2) is 12.4 Å². The van der Waals surface area contributed by atoms with Gasteiger partial charge in [0.25, 0.3) is 11.8 Å². The van der Waals surface area contributed by atoms with Crippen LogP contribution in [0.1, 0.15) is 31.2 Å². The molecule has 1 aromatic carbocycles. The second kappa shape index (κ2) is 6.23. The van der Waals surface area contributed by atoms with Gasteiger partial charge in [0, 0.05) is 5.38 Å². The summed E-state index contributed by atoms with van der Waals surface area (Å²) in [7, 11) is 0. The zero-order valence-corrected chi connectivity index (χ0v) is 14.3. The van der Waals surface area contributed by atoms with E-state index in [1.807, 2.05) is 17.5 Å². The molecule has 2 amide bonds. The summed E-state index contributed by atoms with van der Waals surface area (Å²) in [5.41, 5.74) is 0.791. The fourth-order valence-corrected chi connectivity index (χ4v) is 4.04. The van der Waals surface area contributed by atoms with Crippen LogP contribution in [0.5, 0.6) is 0 Å². The van der Waals surface area contributed by atoms with Crippen LogP contribution in [0.3, 0.4) is 0 Å². The molecule has 0 bridgehead atoms. The molecule has 0 spiro atoms. The van der Waals surface area contributed by atoms with Crippen LogP contribution in [0, 0.1) is 0 Å². The molecule has 6 nitrogen and oxygen atoms in total. The van der Waals surface area contributed by atoms with Crippen molar-refractivity contribution in [3.8, 4) is 9.88 Å². The Hall–Kier alpha value is -2.84. The van der Waals surface area contributed by atoms with Crippen LogP contribution < -0.4 is 0 Å². The van der Waals surface area contributed by atoms with Gasteiger partial charge in [-0.2, -0.15) is 0 Å². The Labute approximate surface area is 150 Å². The maximum absolute atomic E-state index is 12.2. The van der Waals surface area contributed by atoms with Crippen molar-refractivity contribution in [3.05, 3.63) is 64.0 Å². The summed E-state index contributed by atoms with van der Waals surface area (Å²) < 4.78 is 5.11. The van der Waals surface area contributed by atoms with Crippen molar-refractivity contribution in [3.63, 3.8) is 0 Å². The molecule has 1 aliphatic rings. The van der Waals surface area contributed by atoms with Crippen LogP contribution in [0.15, 0.2) is 47.2 Å². The van der Waals surface area contributed by atoms with Gasteiger partial charge in [-0.25, -0.2) is 14.7 Å². The molecule has 124 valence electrons. The highest BCUT2D eigenvalue weighted by Crippen LogP contribution is 2.28. The van der Waals surface area contributed by atoms with Crippen LogP contribution in [-0.2, 0) is 4.74 Å². The second-order valence-corrected chi connectivity index (χ2v) is 6.97. The summed E-state index contributed by atoms with van der Waals surface area (Å²) in [6.45, 7) is -0.433. The Balaban J connectivity index is 1.45. The van der Waals surface area contributed by atoms with Gasteiger partial charge in [0.1, 0.15) is 5.01 Å². The summed E-state index contributed by atoms with van der Waals surface area (Å²) in [5.74, 6) is -1.60. The fourth-order valence-electron chi connectivity index (χ4n) is 2.43. The van der Waals surface area contributed by atoms with Gasteiger partial charge in [-0.3, -0.25) is 9.59 Å². The van der Waals surface area contributed by atoms with E-state index < -0.39 is 24.5 Å². The minimum absolute atomic E-state index is 0.157. The van der Waals surface area contributed by atoms with Crippen molar-refractivity contribution in [2.45, 2.75) is 0 Å². The standard InChI is InChI=1S/C17H10N2O4S2/c20-15-10-4-1-2-5-11(10)16(21)19(15)9-23-17(22)12-8-25-14(18-12)13-6-3-7-24-13/h1-8H,9H2. The number of thiophene rings is 1. The highest BCUT2D eigenvalue weighted by Gasteiger charge is 2.35. The quantitative estimate of drug-likeness (QED) is 0.520. The molecule has 2 aromatic heterocycles. The number of nitrogens with zero attached hydrogens (tertiary/aromatic N) is 2. The van der Waals surface area contributed by atoms with Crippen LogP contribution in [0.2, 0.25) is 0 Å². The first-order chi connectivity index (χ1) is 12.1. The number of ether oxygens (including phenoxy) is 1. The minimum Gasteiger partial charge on any atom is -0.439 e. The molecule has 4 rings (SSSR count). The average molecular weight is 370 g/mol. The van der Waals surface area contributed by atoms with Crippen molar-refractivity contribution in [2.24, 2.45) is 0 Å². The van der Waals surface area contributed by atoms with Gasteiger partial charge in [0.2, 0.25) is 0 Å². The molecule has 0 atom stereocenters. The van der Waals surface area contributed by atoms with E-state index in [2.05, 4.69) is 4.98 Å².